The summed E-state index contributed by atoms with van der Waals surface area (Å²) in [6, 6.07) is 0. The van der Waals surface area contributed by atoms with Crippen molar-refractivity contribution in [2.45, 2.75) is 12.8 Å². The number of halogens is 1. The maximum absolute atomic E-state index is 10.6. The van der Waals surface area contributed by atoms with Crippen molar-refractivity contribution in [1.82, 2.24) is 0 Å². The Morgan fingerprint density at radius 2 is 1.85 bits per heavy atom. The molecule has 13 heavy (non-hydrogen) atoms. The van der Waals surface area contributed by atoms with Gasteiger partial charge in [-0.15, -0.1) is 12.4 Å². The largest absolute Gasteiger partial charge is 0.481 e. The summed E-state index contributed by atoms with van der Waals surface area (Å²) < 4.78 is 0. The Balaban J connectivity index is 0.00000144. The van der Waals surface area contributed by atoms with E-state index < -0.39 is 23.8 Å². The highest BCUT2D eigenvalue weighted by Crippen LogP contribution is 2.24. The molecule has 0 spiro atoms. The minimum atomic E-state index is -1.06. The smallest absolute Gasteiger partial charge is 0.311 e. The van der Waals surface area contributed by atoms with E-state index >= 15 is 0 Å². The molecule has 0 bridgehead atoms. The third-order valence-electron chi connectivity index (χ3n) is 2.02. The van der Waals surface area contributed by atoms with Gasteiger partial charge in [-0.05, 0) is 12.8 Å². The predicted octanol–water partition coefficient (Wildman–Crippen LogP) is 1.16. The number of allylic oxidation sites excluding steroid dienone is 1. The summed E-state index contributed by atoms with van der Waals surface area (Å²) in [4.78, 5) is 21.1. The predicted molar refractivity (Wildman–Crippen MR) is 47.9 cm³/mol. The average molecular weight is 207 g/mol. The second-order valence-corrected chi connectivity index (χ2v) is 2.81. The van der Waals surface area contributed by atoms with Crippen molar-refractivity contribution in [2.75, 3.05) is 0 Å². The van der Waals surface area contributed by atoms with Crippen LogP contribution in [0.1, 0.15) is 12.8 Å². The monoisotopic (exact) mass is 206 g/mol. The number of carbonyl (C=O) groups is 2. The Hall–Kier alpha value is -1.03. The molecule has 0 radical (unpaired) electrons. The molecule has 0 aromatic rings. The van der Waals surface area contributed by atoms with E-state index in [0.717, 1.165) is 0 Å². The van der Waals surface area contributed by atoms with E-state index in [9.17, 15) is 9.59 Å². The van der Waals surface area contributed by atoms with E-state index in [1.807, 2.05) is 0 Å². The Labute approximate surface area is 81.7 Å². The van der Waals surface area contributed by atoms with E-state index in [-0.39, 0.29) is 12.4 Å². The lowest BCUT2D eigenvalue weighted by Crippen LogP contribution is -2.30. The van der Waals surface area contributed by atoms with E-state index in [0.29, 0.717) is 12.8 Å². The second kappa shape index (κ2) is 4.87. The first kappa shape index (κ1) is 12.0. The lowest BCUT2D eigenvalue weighted by atomic mass is 9.84. The molecule has 0 aromatic carbocycles. The van der Waals surface area contributed by atoms with Crippen LogP contribution in [0.3, 0.4) is 0 Å². The van der Waals surface area contributed by atoms with Crippen LogP contribution in [0.25, 0.3) is 0 Å². The van der Waals surface area contributed by atoms with Crippen molar-refractivity contribution in [3.05, 3.63) is 12.2 Å². The molecule has 5 heteroatoms. The van der Waals surface area contributed by atoms with Crippen LogP contribution >= 0.6 is 12.4 Å². The fraction of sp³-hybridized carbons (Fsp3) is 0.500. The lowest BCUT2D eigenvalue weighted by Gasteiger charge is -2.19. The molecule has 0 saturated heterocycles. The van der Waals surface area contributed by atoms with Gasteiger partial charge >= 0.3 is 11.9 Å². The van der Waals surface area contributed by atoms with Gasteiger partial charge in [-0.3, -0.25) is 9.59 Å². The summed E-state index contributed by atoms with van der Waals surface area (Å²) in [6.07, 6.45) is 4.26. The van der Waals surface area contributed by atoms with Crippen LogP contribution in [0.4, 0.5) is 0 Å². The first-order valence-corrected chi connectivity index (χ1v) is 3.75. The van der Waals surface area contributed by atoms with Crippen LogP contribution in [0.2, 0.25) is 0 Å². The van der Waals surface area contributed by atoms with Crippen molar-refractivity contribution < 1.29 is 19.8 Å². The van der Waals surface area contributed by atoms with Gasteiger partial charge in [0, 0.05) is 0 Å². The van der Waals surface area contributed by atoms with Crippen molar-refractivity contribution in [3.63, 3.8) is 0 Å². The minimum Gasteiger partial charge on any atom is -0.481 e. The molecule has 1 aliphatic rings. The Morgan fingerprint density at radius 3 is 2.23 bits per heavy atom. The third kappa shape index (κ3) is 2.73. The van der Waals surface area contributed by atoms with E-state index in [1.165, 1.54) is 6.08 Å². The van der Waals surface area contributed by atoms with Crippen LogP contribution in [0.5, 0.6) is 0 Å². The van der Waals surface area contributed by atoms with Gasteiger partial charge < -0.3 is 10.2 Å². The molecule has 0 aliphatic heterocycles. The summed E-state index contributed by atoms with van der Waals surface area (Å²) >= 11 is 0. The summed E-state index contributed by atoms with van der Waals surface area (Å²) in [5, 5.41) is 17.3. The summed E-state index contributed by atoms with van der Waals surface area (Å²) in [7, 11) is 0. The number of carboxylic acids is 2. The topological polar surface area (TPSA) is 74.6 Å². The van der Waals surface area contributed by atoms with Gasteiger partial charge in [-0.1, -0.05) is 12.2 Å². The van der Waals surface area contributed by atoms with Gasteiger partial charge in [0.1, 0.15) is 0 Å². The normalized spacial score (nSPS) is 26.2. The van der Waals surface area contributed by atoms with Crippen molar-refractivity contribution in [2.24, 2.45) is 11.8 Å². The zero-order chi connectivity index (χ0) is 9.14. The highest BCUT2D eigenvalue weighted by atomic mass is 35.5. The molecule has 2 unspecified atom stereocenters. The van der Waals surface area contributed by atoms with Crippen LogP contribution < -0.4 is 0 Å². The van der Waals surface area contributed by atoms with Gasteiger partial charge in [0.25, 0.3) is 0 Å². The van der Waals surface area contributed by atoms with Crippen LogP contribution in [-0.4, -0.2) is 22.2 Å². The SMILES string of the molecule is Cl.O=C(O)C1C=CCCC1C(=O)O. The number of hydrogen-bond acceptors (Lipinski definition) is 2. The van der Waals surface area contributed by atoms with Crippen molar-refractivity contribution in [3.8, 4) is 0 Å². The Bertz CT molecular complexity index is 236. The zero-order valence-electron chi connectivity index (χ0n) is 6.84. The highest BCUT2D eigenvalue weighted by Gasteiger charge is 2.32. The standard InChI is InChI=1S/C8H10O4.ClH/c9-7(10)5-3-1-2-4-6(5)8(11)12;/h1,3,5-6H,2,4H2,(H,9,10)(H,11,12);1H. The van der Waals surface area contributed by atoms with Crippen molar-refractivity contribution in [1.29, 1.82) is 0 Å². The average Bonchev–Trinajstić information content (AvgIpc) is 2.04. The molecule has 2 atom stereocenters. The van der Waals surface area contributed by atoms with Crippen LogP contribution in [0, 0.1) is 11.8 Å². The molecular formula is C8H11ClO4. The van der Waals surface area contributed by atoms with Crippen LogP contribution in [-0.2, 0) is 9.59 Å². The molecule has 1 rings (SSSR count). The van der Waals surface area contributed by atoms with Gasteiger partial charge in [0.15, 0.2) is 0 Å². The summed E-state index contributed by atoms with van der Waals surface area (Å²) in [5.74, 6) is -3.69. The molecule has 0 saturated carbocycles. The Morgan fingerprint density at radius 1 is 1.23 bits per heavy atom. The highest BCUT2D eigenvalue weighted by molar-refractivity contribution is 5.85. The minimum absolute atomic E-state index is 0. The summed E-state index contributed by atoms with van der Waals surface area (Å²) in [6.45, 7) is 0. The van der Waals surface area contributed by atoms with Gasteiger partial charge in [-0.2, -0.15) is 0 Å². The maximum atomic E-state index is 10.6. The molecule has 0 fully saturated rings. The Kier molecular flexibility index (Phi) is 4.48. The van der Waals surface area contributed by atoms with Gasteiger partial charge in [-0.25, -0.2) is 0 Å². The molecule has 0 heterocycles. The lowest BCUT2D eigenvalue weighted by molar-refractivity contribution is -0.152. The number of carboxylic acid groups (broad SMARTS) is 2. The van der Waals surface area contributed by atoms with E-state index in [4.69, 9.17) is 10.2 Å². The van der Waals surface area contributed by atoms with Crippen LogP contribution in [0.15, 0.2) is 12.2 Å². The van der Waals surface area contributed by atoms with Crippen molar-refractivity contribution >= 4 is 24.3 Å². The molecule has 2 N–H and O–H groups in total. The van der Waals surface area contributed by atoms with E-state index in [2.05, 4.69) is 0 Å². The second-order valence-electron chi connectivity index (χ2n) is 2.81. The maximum Gasteiger partial charge on any atom is 0.311 e. The molecular weight excluding hydrogens is 196 g/mol. The van der Waals surface area contributed by atoms with Gasteiger partial charge in [0.05, 0.1) is 11.8 Å². The first-order chi connectivity index (χ1) is 5.63. The quantitative estimate of drug-likeness (QED) is 0.665. The molecule has 74 valence electrons. The molecule has 4 nitrogen and oxygen atoms in total. The van der Waals surface area contributed by atoms with Gasteiger partial charge in [0.2, 0.25) is 0 Å². The fourth-order valence-electron chi connectivity index (χ4n) is 1.36. The van der Waals surface area contributed by atoms with E-state index in [1.54, 1.807) is 6.08 Å². The number of aliphatic carboxylic acids is 2. The summed E-state index contributed by atoms with van der Waals surface area (Å²) in [5.41, 5.74) is 0. The first-order valence-electron chi connectivity index (χ1n) is 3.75. The molecule has 0 aromatic heterocycles. The molecule has 1 aliphatic carbocycles. The zero-order valence-corrected chi connectivity index (χ0v) is 7.66. The third-order valence-corrected chi connectivity index (χ3v) is 2.02. The molecule has 0 amide bonds. The number of rotatable bonds is 2. The fourth-order valence-corrected chi connectivity index (χ4v) is 1.36. The number of hydrogen-bond donors (Lipinski definition) is 2.